The van der Waals surface area contributed by atoms with E-state index in [1.807, 2.05) is 29.2 Å². The Morgan fingerprint density at radius 2 is 1.92 bits per heavy atom. The van der Waals surface area contributed by atoms with Crippen LogP contribution in [0.25, 0.3) is 0 Å². The van der Waals surface area contributed by atoms with E-state index < -0.39 is 5.41 Å². The summed E-state index contributed by atoms with van der Waals surface area (Å²) in [5.74, 6) is 0.926. The molecule has 2 N–H and O–H groups in total. The van der Waals surface area contributed by atoms with Crippen molar-refractivity contribution < 1.29 is 19.0 Å². The third-order valence-electron chi connectivity index (χ3n) is 4.98. The van der Waals surface area contributed by atoms with Crippen LogP contribution < -0.4 is 10.5 Å². The minimum Gasteiger partial charge on any atom is -0.497 e. The predicted octanol–water partition coefficient (Wildman–Crippen LogP) is 0.929. The van der Waals surface area contributed by atoms with Gasteiger partial charge in [-0.2, -0.15) is 0 Å². The Labute approximate surface area is 142 Å². The van der Waals surface area contributed by atoms with Crippen LogP contribution in [0.4, 0.5) is 0 Å². The van der Waals surface area contributed by atoms with Crippen molar-refractivity contribution in [2.24, 2.45) is 5.73 Å². The molecule has 6 nitrogen and oxygen atoms in total. The summed E-state index contributed by atoms with van der Waals surface area (Å²) >= 11 is 0. The highest BCUT2D eigenvalue weighted by Gasteiger charge is 2.44. The fraction of sp³-hybridized carbons (Fsp3) is 0.611. The zero-order valence-electron chi connectivity index (χ0n) is 14.2. The number of nitrogens with zero attached hydrogens (tertiary/aromatic N) is 1. The van der Waals surface area contributed by atoms with E-state index in [2.05, 4.69) is 0 Å². The molecule has 1 aromatic rings. The Balaban J connectivity index is 1.90. The fourth-order valence-electron chi connectivity index (χ4n) is 3.58. The first-order valence-corrected chi connectivity index (χ1v) is 8.51. The van der Waals surface area contributed by atoms with Gasteiger partial charge in [-0.1, -0.05) is 12.1 Å². The molecule has 2 heterocycles. The molecule has 24 heavy (non-hydrogen) atoms. The van der Waals surface area contributed by atoms with Crippen molar-refractivity contribution in [2.45, 2.75) is 24.3 Å². The largest absolute Gasteiger partial charge is 0.497 e. The molecule has 6 heteroatoms. The summed E-state index contributed by atoms with van der Waals surface area (Å²) in [5, 5.41) is 0. The van der Waals surface area contributed by atoms with Gasteiger partial charge in [-0.15, -0.1) is 0 Å². The van der Waals surface area contributed by atoms with Gasteiger partial charge in [0.15, 0.2) is 0 Å². The molecule has 2 aliphatic heterocycles. The van der Waals surface area contributed by atoms with Gasteiger partial charge in [-0.25, -0.2) is 0 Å². The number of carbonyl (C=O) groups excluding carboxylic acids is 1. The monoisotopic (exact) mass is 334 g/mol. The molecule has 1 atom stereocenters. The smallest absolute Gasteiger partial charge is 0.233 e. The van der Waals surface area contributed by atoms with Crippen molar-refractivity contribution in [1.29, 1.82) is 0 Å². The molecule has 1 unspecified atom stereocenters. The molecule has 1 amide bonds. The van der Waals surface area contributed by atoms with Crippen molar-refractivity contribution in [1.82, 2.24) is 4.90 Å². The highest BCUT2D eigenvalue weighted by atomic mass is 16.5. The summed E-state index contributed by atoms with van der Waals surface area (Å²) in [4.78, 5) is 15.3. The maximum Gasteiger partial charge on any atom is 0.233 e. The number of hydrogen-bond donors (Lipinski definition) is 1. The summed E-state index contributed by atoms with van der Waals surface area (Å²) in [6.07, 6.45) is 1.37. The lowest BCUT2D eigenvalue weighted by atomic mass is 9.73. The van der Waals surface area contributed by atoms with Crippen LogP contribution >= 0.6 is 0 Å². The summed E-state index contributed by atoms with van der Waals surface area (Å²) in [6, 6.07) is 7.69. The molecular weight excluding hydrogens is 308 g/mol. The van der Waals surface area contributed by atoms with Crippen LogP contribution in [0.15, 0.2) is 24.3 Å². The highest BCUT2D eigenvalue weighted by molar-refractivity contribution is 5.88. The van der Waals surface area contributed by atoms with Crippen LogP contribution in [0.3, 0.4) is 0 Å². The highest BCUT2D eigenvalue weighted by Crippen LogP contribution is 2.37. The summed E-state index contributed by atoms with van der Waals surface area (Å²) < 4.78 is 16.3. The van der Waals surface area contributed by atoms with E-state index in [0.717, 1.165) is 11.3 Å². The summed E-state index contributed by atoms with van der Waals surface area (Å²) in [5.41, 5.74) is 6.53. The Hall–Kier alpha value is -1.63. The Bertz CT molecular complexity index is 555. The summed E-state index contributed by atoms with van der Waals surface area (Å²) in [6.45, 7) is 3.35. The van der Waals surface area contributed by atoms with Crippen LogP contribution in [0.1, 0.15) is 18.4 Å². The van der Waals surface area contributed by atoms with Crippen molar-refractivity contribution in [3.63, 3.8) is 0 Å². The number of ether oxygens (including phenoxy) is 3. The second kappa shape index (κ2) is 7.51. The summed E-state index contributed by atoms with van der Waals surface area (Å²) in [7, 11) is 1.64. The van der Waals surface area contributed by atoms with Gasteiger partial charge in [-0.05, 0) is 30.5 Å². The maximum atomic E-state index is 13.5. The van der Waals surface area contributed by atoms with Crippen molar-refractivity contribution >= 4 is 5.91 Å². The van der Waals surface area contributed by atoms with Gasteiger partial charge >= 0.3 is 0 Å². The standard InChI is InChI=1S/C18H26N2O4/c1-22-16-4-2-14(3-5-16)18(6-9-23-10-7-18)17(21)20-8-11-24-13-15(19)12-20/h2-5,15H,6-13,19H2,1H3. The molecule has 2 aliphatic rings. The lowest BCUT2D eigenvalue weighted by molar-refractivity contribution is -0.141. The quantitative estimate of drug-likeness (QED) is 0.890. The normalized spacial score (nSPS) is 24.2. The average Bonchev–Trinajstić information content (AvgIpc) is 2.86. The maximum absolute atomic E-state index is 13.5. The van der Waals surface area contributed by atoms with E-state index >= 15 is 0 Å². The second-order valence-electron chi connectivity index (χ2n) is 6.51. The first-order valence-electron chi connectivity index (χ1n) is 8.51. The van der Waals surface area contributed by atoms with Crippen LogP contribution in [0.5, 0.6) is 5.75 Å². The SMILES string of the molecule is COc1ccc(C2(C(=O)N3CCOCC(N)C3)CCOCC2)cc1. The van der Waals surface area contributed by atoms with Gasteiger partial charge < -0.3 is 24.8 Å². The molecule has 0 saturated carbocycles. The number of hydrogen-bond acceptors (Lipinski definition) is 5. The molecule has 0 aliphatic carbocycles. The van der Waals surface area contributed by atoms with Crippen LogP contribution in [0, 0.1) is 0 Å². The number of methoxy groups -OCH3 is 1. The van der Waals surface area contributed by atoms with Crippen molar-refractivity contribution in [3.8, 4) is 5.75 Å². The van der Waals surface area contributed by atoms with Gasteiger partial charge in [0, 0.05) is 32.3 Å². The van der Waals surface area contributed by atoms with Crippen molar-refractivity contribution in [2.75, 3.05) is 46.6 Å². The van der Waals surface area contributed by atoms with Crippen LogP contribution in [-0.2, 0) is 19.7 Å². The van der Waals surface area contributed by atoms with Gasteiger partial charge in [0.25, 0.3) is 0 Å². The Kier molecular flexibility index (Phi) is 5.38. The van der Waals surface area contributed by atoms with Crippen molar-refractivity contribution in [3.05, 3.63) is 29.8 Å². The lowest BCUT2D eigenvalue weighted by Crippen LogP contribution is -2.52. The van der Waals surface area contributed by atoms with Crippen LogP contribution in [-0.4, -0.2) is 63.5 Å². The molecule has 0 bridgehead atoms. The first kappa shape index (κ1) is 17.2. The fourth-order valence-corrected chi connectivity index (χ4v) is 3.58. The second-order valence-corrected chi connectivity index (χ2v) is 6.51. The molecule has 1 aromatic carbocycles. The van der Waals surface area contributed by atoms with E-state index in [9.17, 15) is 4.79 Å². The van der Waals surface area contributed by atoms with E-state index in [1.165, 1.54) is 0 Å². The molecular formula is C18H26N2O4. The van der Waals surface area contributed by atoms with E-state index in [0.29, 0.717) is 52.4 Å². The third-order valence-corrected chi connectivity index (χ3v) is 4.98. The average molecular weight is 334 g/mol. The first-order chi connectivity index (χ1) is 11.7. The molecule has 2 fully saturated rings. The van der Waals surface area contributed by atoms with Gasteiger partial charge in [0.1, 0.15) is 5.75 Å². The van der Waals surface area contributed by atoms with Gasteiger partial charge in [0.05, 0.1) is 25.7 Å². The topological polar surface area (TPSA) is 74.0 Å². The van der Waals surface area contributed by atoms with E-state index in [-0.39, 0.29) is 11.9 Å². The zero-order valence-corrected chi connectivity index (χ0v) is 14.2. The number of benzene rings is 1. The van der Waals surface area contributed by atoms with E-state index in [1.54, 1.807) is 7.11 Å². The van der Waals surface area contributed by atoms with E-state index in [4.69, 9.17) is 19.9 Å². The molecule has 0 aromatic heterocycles. The molecule has 0 spiro atoms. The number of nitrogens with two attached hydrogens (primary N) is 1. The number of rotatable bonds is 3. The minimum atomic E-state index is -0.547. The Morgan fingerprint density at radius 3 is 2.58 bits per heavy atom. The van der Waals surface area contributed by atoms with Gasteiger partial charge in [-0.3, -0.25) is 4.79 Å². The third kappa shape index (κ3) is 3.41. The molecule has 132 valence electrons. The zero-order chi connectivity index (χ0) is 17.0. The minimum absolute atomic E-state index is 0.135. The number of carbonyl (C=O) groups is 1. The molecule has 3 rings (SSSR count). The predicted molar refractivity (Wildman–Crippen MR) is 90.1 cm³/mol. The number of amides is 1. The Morgan fingerprint density at radius 1 is 1.21 bits per heavy atom. The van der Waals surface area contributed by atoms with Gasteiger partial charge in [0.2, 0.25) is 5.91 Å². The molecule has 0 radical (unpaired) electrons. The molecule has 2 saturated heterocycles. The van der Waals surface area contributed by atoms with Crippen LogP contribution in [0.2, 0.25) is 0 Å². The lowest BCUT2D eigenvalue weighted by Gasteiger charge is -2.40.